The molecule has 1 aromatic rings. The van der Waals surface area contributed by atoms with Gasteiger partial charge in [-0.3, -0.25) is 4.68 Å². The van der Waals surface area contributed by atoms with Crippen LogP contribution in [0, 0.1) is 0 Å². The van der Waals surface area contributed by atoms with Gasteiger partial charge >= 0.3 is 0 Å². The lowest BCUT2D eigenvalue weighted by Crippen LogP contribution is -2.25. The van der Waals surface area contributed by atoms with E-state index in [0.29, 0.717) is 0 Å². The van der Waals surface area contributed by atoms with E-state index in [4.69, 9.17) is 4.74 Å². The Kier molecular flexibility index (Phi) is 2.78. The van der Waals surface area contributed by atoms with E-state index in [2.05, 4.69) is 5.10 Å². The molecule has 0 N–H and O–H groups in total. The topological polar surface area (TPSA) is 27.1 Å². The Morgan fingerprint density at radius 1 is 1.43 bits per heavy atom. The van der Waals surface area contributed by atoms with Gasteiger partial charge in [-0.1, -0.05) is 0 Å². The second kappa shape index (κ2) is 3.55. The Balaban J connectivity index is 3.19. The van der Waals surface area contributed by atoms with Crippen LogP contribution in [-0.4, -0.2) is 16.9 Å². The lowest BCUT2D eigenvalue weighted by molar-refractivity contribution is 0.130. The third kappa shape index (κ3) is 2.02. The van der Waals surface area contributed by atoms with Crippen molar-refractivity contribution < 1.29 is 13.5 Å². The summed E-state index contributed by atoms with van der Waals surface area (Å²) in [6.07, 6.45) is -2.54. The molecule has 1 rings (SSSR count). The predicted octanol–water partition coefficient (Wildman–Crippen LogP) is 2.58. The molecule has 0 aliphatic carbocycles. The van der Waals surface area contributed by atoms with E-state index < -0.39 is 12.0 Å². The predicted molar refractivity (Wildman–Crippen MR) is 48.7 cm³/mol. The van der Waals surface area contributed by atoms with Crippen molar-refractivity contribution in [2.45, 2.75) is 32.7 Å². The molecule has 0 aliphatic rings. The fourth-order valence-electron chi connectivity index (χ4n) is 1.17. The van der Waals surface area contributed by atoms with Crippen LogP contribution in [0.15, 0.2) is 6.07 Å². The second-order valence-electron chi connectivity index (χ2n) is 3.99. The van der Waals surface area contributed by atoms with E-state index in [1.54, 1.807) is 0 Å². The van der Waals surface area contributed by atoms with Crippen LogP contribution in [-0.2, 0) is 5.54 Å². The zero-order chi connectivity index (χ0) is 10.9. The first-order valence-electron chi connectivity index (χ1n) is 4.29. The molecule has 0 atom stereocenters. The van der Waals surface area contributed by atoms with Crippen molar-refractivity contribution in [1.29, 1.82) is 0 Å². The van der Waals surface area contributed by atoms with Crippen molar-refractivity contribution in [3.8, 4) is 5.88 Å². The van der Waals surface area contributed by atoms with Gasteiger partial charge in [0.1, 0.15) is 5.69 Å². The number of halogens is 2. The maximum Gasteiger partial charge on any atom is 0.280 e. The van der Waals surface area contributed by atoms with Crippen LogP contribution in [0.2, 0.25) is 0 Å². The monoisotopic (exact) mass is 204 g/mol. The molecule has 0 unspecified atom stereocenters. The molecule has 80 valence electrons. The maximum atomic E-state index is 12.6. The van der Waals surface area contributed by atoms with Crippen molar-refractivity contribution in [2.75, 3.05) is 7.11 Å². The Morgan fingerprint density at radius 3 is 2.29 bits per heavy atom. The molecule has 0 saturated carbocycles. The molecule has 0 saturated heterocycles. The third-order valence-corrected chi connectivity index (χ3v) is 1.78. The molecular formula is C9H14F2N2O. The van der Waals surface area contributed by atoms with Gasteiger partial charge in [0.15, 0.2) is 0 Å². The summed E-state index contributed by atoms with van der Waals surface area (Å²) in [6.45, 7) is 5.43. The van der Waals surface area contributed by atoms with Gasteiger partial charge in [0.05, 0.1) is 12.6 Å². The van der Waals surface area contributed by atoms with Crippen molar-refractivity contribution in [3.05, 3.63) is 11.8 Å². The number of methoxy groups -OCH3 is 1. The average molecular weight is 204 g/mol. The smallest absolute Gasteiger partial charge is 0.280 e. The van der Waals surface area contributed by atoms with Crippen LogP contribution in [0.3, 0.4) is 0 Å². The average Bonchev–Trinajstić information content (AvgIpc) is 2.46. The fourth-order valence-corrected chi connectivity index (χ4v) is 1.17. The quantitative estimate of drug-likeness (QED) is 0.740. The van der Waals surface area contributed by atoms with E-state index in [-0.39, 0.29) is 11.6 Å². The van der Waals surface area contributed by atoms with Crippen molar-refractivity contribution in [1.82, 2.24) is 9.78 Å². The molecule has 0 aliphatic heterocycles. The summed E-state index contributed by atoms with van der Waals surface area (Å²) in [5.74, 6) is 0.218. The van der Waals surface area contributed by atoms with Gasteiger partial charge in [-0.05, 0) is 20.8 Å². The number of hydrogen-bond donors (Lipinski definition) is 0. The summed E-state index contributed by atoms with van der Waals surface area (Å²) in [6, 6.07) is 1.26. The summed E-state index contributed by atoms with van der Waals surface area (Å²) in [7, 11) is 1.41. The lowest BCUT2D eigenvalue weighted by atomic mass is 10.1. The molecule has 0 amide bonds. The summed E-state index contributed by atoms with van der Waals surface area (Å²) in [5, 5.41) is 3.94. The zero-order valence-corrected chi connectivity index (χ0v) is 8.71. The summed E-state index contributed by atoms with van der Waals surface area (Å²) in [5.41, 5.74) is -0.586. The third-order valence-electron chi connectivity index (χ3n) is 1.78. The highest BCUT2D eigenvalue weighted by Crippen LogP contribution is 2.27. The Bertz CT molecular complexity index is 315. The van der Waals surface area contributed by atoms with Gasteiger partial charge in [0.2, 0.25) is 5.88 Å². The summed E-state index contributed by atoms with van der Waals surface area (Å²) in [4.78, 5) is 0. The number of hydrogen-bond acceptors (Lipinski definition) is 2. The van der Waals surface area contributed by atoms with Crippen molar-refractivity contribution >= 4 is 0 Å². The van der Waals surface area contributed by atoms with E-state index in [0.717, 1.165) is 0 Å². The Morgan fingerprint density at radius 2 is 2.00 bits per heavy atom. The van der Waals surface area contributed by atoms with Gasteiger partial charge in [-0.2, -0.15) is 0 Å². The molecule has 0 radical (unpaired) electrons. The van der Waals surface area contributed by atoms with Crippen LogP contribution in [0.1, 0.15) is 32.9 Å². The minimum Gasteiger partial charge on any atom is -0.480 e. The van der Waals surface area contributed by atoms with Gasteiger partial charge in [0, 0.05) is 6.07 Å². The van der Waals surface area contributed by atoms with E-state index in [9.17, 15) is 8.78 Å². The highest BCUT2D eigenvalue weighted by molar-refractivity contribution is 5.17. The van der Waals surface area contributed by atoms with Crippen LogP contribution in [0.25, 0.3) is 0 Å². The highest BCUT2D eigenvalue weighted by Gasteiger charge is 2.24. The Hall–Kier alpha value is -1.13. The standard InChI is InChI=1S/C9H14F2N2O/c1-9(2,3)13-6(8(10)11)5-7(12-13)14-4/h5,8H,1-4H3. The lowest BCUT2D eigenvalue weighted by Gasteiger charge is -2.21. The molecule has 14 heavy (non-hydrogen) atoms. The van der Waals surface area contributed by atoms with Gasteiger partial charge < -0.3 is 4.74 Å². The van der Waals surface area contributed by atoms with Crippen LogP contribution in [0.4, 0.5) is 8.78 Å². The molecule has 5 heteroatoms. The number of ether oxygens (including phenoxy) is 1. The first kappa shape index (κ1) is 10.9. The van der Waals surface area contributed by atoms with E-state index >= 15 is 0 Å². The van der Waals surface area contributed by atoms with Crippen LogP contribution >= 0.6 is 0 Å². The molecule has 0 aromatic carbocycles. The largest absolute Gasteiger partial charge is 0.480 e. The minimum absolute atomic E-state index is 0.116. The van der Waals surface area contributed by atoms with Crippen LogP contribution < -0.4 is 4.74 Å². The zero-order valence-electron chi connectivity index (χ0n) is 8.71. The second-order valence-corrected chi connectivity index (χ2v) is 3.99. The molecule has 0 fully saturated rings. The first-order chi connectivity index (χ1) is 6.36. The van der Waals surface area contributed by atoms with Crippen molar-refractivity contribution in [2.24, 2.45) is 0 Å². The number of nitrogens with zero attached hydrogens (tertiary/aromatic N) is 2. The molecule has 1 heterocycles. The van der Waals surface area contributed by atoms with Gasteiger partial charge in [-0.25, -0.2) is 8.78 Å². The molecule has 0 spiro atoms. The highest BCUT2D eigenvalue weighted by atomic mass is 19.3. The van der Waals surface area contributed by atoms with E-state index in [1.807, 2.05) is 20.8 Å². The number of aromatic nitrogens is 2. The number of alkyl halides is 2. The summed E-state index contributed by atoms with van der Waals surface area (Å²) >= 11 is 0. The van der Waals surface area contributed by atoms with Gasteiger partial charge in [0.25, 0.3) is 6.43 Å². The first-order valence-corrected chi connectivity index (χ1v) is 4.29. The number of rotatable bonds is 2. The molecular weight excluding hydrogens is 190 g/mol. The van der Waals surface area contributed by atoms with Gasteiger partial charge in [-0.15, -0.1) is 5.10 Å². The van der Waals surface area contributed by atoms with Crippen LogP contribution in [0.5, 0.6) is 5.88 Å². The Labute approximate surface area is 81.7 Å². The molecule has 1 aromatic heterocycles. The SMILES string of the molecule is COc1cc(C(F)F)n(C(C)(C)C)n1. The maximum absolute atomic E-state index is 12.6. The van der Waals surface area contributed by atoms with E-state index in [1.165, 1.54) is 17.9 Å². The fraction of sp³-hybridized carbons (Fsp3) is 0.667. The normalized spacial score (nSPS) is 12.2. The van der Waals surface area contributed by atoms with Crippen molar-refractivity contribution in [3.63, 3.8) is 0 Å². The summed E-state index contributed by atoms with van der Waals surface area (Å²) < 4.78 is 31.3. The minimum atomic E-state index is -2.54. The molecule has 0 bridgehead atoms. The molecule has 3 nitrogen and oxygen atoms in total.